The van der Waals surface area contributed by atoms with E-state index in [2.05, 4.69) is 11.8 Å². The number of benzene rings is 2. The van der Waals surface area contributed by atoms with Crippen LogP contribution >= 0.6 is 11.6 Å². The normalized spacial score (nSPS) is 11.4. The molecule has 0 saturated heterocycles. The predicted octanol–water partition coefficient (Wildman–Crippen LogP) is 3.42. The molecular weight excluding hydrogens is 414 g/mol. The van der Waals surface area contributed by atoms with Gasteiger partial charge in [0.15, 0.2) is 6.61 Å². The molecule has 0 atom stereocenters. The van der Waals surface area contributed by atoms with Gasteiger partial charge in [-0.3, -0.25) is 0 Å². The largest absolute Gasteiger partial charge is 0.481 e. The van der Waals surface area contributed by atoms with Gasteiger partial charge >= 0.3 is 5.97 Å². The standard InChI is InChI=1S/C21H22ClNO5S/c1-14-5-9-18(29(23,25)26)12-15(14)6-7-16-11-17(22)8-10-19(16)27-13-20(24)28-21(2,3)4/h5,8-12H,13H2,1-4H3,(H2,23,25,26). The lowest BCUT2D eigenvalue weighted by molar-refractivity contribution is -0.157. The van der Waals surface area contributed by atoms with E-state index in [0.717, 1.165) is 5.56 Å². The van der Waals surface area contributed by atoms with Crippen molar-refractivity contribution in [3.05, 3.63) is 58.1 Å². The lowest BCUT2D eigenvalue weighted by Gasteiger charge is -2.19. The number of primary sulfonamides is 1. The van der Waals surface area contributed by atoms with Crippen LogP contribution in [0.4, 0.5) is 0 Å². The summed E-state index contributed by atoms with van der Waals surface area (Å²) >= 11 is 6.05. The number of carbonyl (C=O) groups is 1. The predicted molar refractivity (Wildman–Crippen MR) is 111 cm³/mol. The SMILES string of the molecule is Cc1ccc(S(N)(=O)=O)cc1C#Cc1cc(Cl)ccc1OCC(=O)OC(C)(C)C. The second-order valence-corrected chi connectivity index (χ2v) is 9.29. The highest BCUT2D eigenvalue weighted by molar-refractivity contribution is 7.89. The van der Waals surface area contributed by atoms with E-state index in [1.165, 1.54) is 12.1 Å². The number of carbonyl (C=O) groups excluding carboxylic acids is 1. The number of halogens is 1. The Bertz CT molecular complexity index is 1090. The molecule has 0 radical (unpaired) electrons. The zero-order valence-corrected chi connectivity index (χ0v) is 18.1. The first-order valence-corrected chi connectivity index (χ1v) is 10.6. The molecule has 0 unspecified atom stereocenters. The van der Waals surface area contributed by atoms with Gasteiger partial charge in [-0.25, -0.2) is 18.4 Å². The minimum absolute atomic E-state index is 0.0279. The first-order chi connectivity index (χ1) is 13.3. The number of nitrogens with two attached hydrogens (primary N) is 1. The van der Waals surface area contributed by atoms with Crippen LogP contribution in [0.15, 0.2) is 41.3 Å². The zero-order chi connectivity index (χ0) is 21.8. The highest BCUT2D eigenvalue weighted by Gasteiger charge is 2.17. The minimum atomic E-state index is -3.84. The number of hydrogen-bond acceptors (Lipinski definition) is 5. The minimum Gasteiger partial charge on any atom is -0.481 e. The van der Waals surface area contributed by atoms with E-state index >= 15 is 0 Å². The molecule has 0 amide bonds. The van der Waals surface area contributed by atoms with Gasteiger partial charge in [-0.05, 0) is 63.6 Å². The Balaban J connectivity index is 2.31. The molecule has 0 fully saturated rings. The van der Waals surface area contributed by atoms with Crippen molar-refractivity contribution in [1.82, 2.24) is 0 Å². The van der Waals surface area contributed by atoms with Crippen molar-refractivity contribution in [2.75, 3.05) is 6.61 Å². The highest BCUT2D eigenvalue weighted by atomic mass is 35.5. The Hall–Kier alpha value is -2.53. The maximum absolute atomic E-state index is 11.9. The topological polar surface area (TPSA) is 95.7 Å². The second kappa shape index (κ2) is 8.87. The molecule has 2 aromatic rings. The molecule has 154 valence electrons. The van der Waals surface area contributed by atoms with E-state index in [4.69, 9.17) is 26.2 Å². The summed E-state index contributed by atoms with van der Waals surface area (Å²) in [6, 6.07) is 9.27. The summed E-state index contributed by atoms with van der Waals surface area (Å²) in [5, 5.41) is 5.62. The van der Waals surface area contributed by atoms with E-state index in [9.17, 15) is 13.2 Å². The summed E-state index contributed by atoms with van der Waals surface area (Å²) in [7, 11) is -3.84. The average molecular weight is 436 g/mol. The van der Waals surface area contributed by atoms with E-state index < -0.39 is 21.6 Å². The number of esters is 1. The fourth-order valence-corrected chi connectivity index (χ4v) is 2.99. The van der Waals surface area contributed by atoms with Gasteiger partial charge in [0.05, 0.1) is 10.5 Å². The quantitative estimate of drug-likeness (QED) is 0.586. The molecule has 8 heteroatoms. The van der Waals surface area contributed by atoms with Gasteiger partial charge in [-0.1, -0.05) is 29.5 Å². The fraction of sp³-hybridized carbons (Fsp3) is 0.286. The van der Waals surface area contributed by atoms with Crippen LogP contribution in [-0.4, -0.2) is 26.6 Å². The molecule has 2 aromatic carbocycles. The average Bonchev–Trinajstić information content (AvgIpc) is 2.57. The van der Waals surface area contributed by atoms with Crippen molar-refractivity contribution in [2.24, 2.45) is 5.14 Å². The van der Waals surface area contributed by atoms with E-state index in [0.29, 0.717) is 21.9 Å². The summed E-state index contributed by atoms with van der Waals surface area (Å²) in [5.41, 5.74) is 1.11. The van der Waals surface area contributed by atoms with Gasteiger partial charge in [-0.15, -0.1) is 0 Å². The third kappa shape index (κ3) is 7.09. The third-order valence-electron chi connectivity index (χ3n) is 3.58. The van der Waals surface area contributed by atoms with E-state index in [1.54, 1.807) is 52.0 Å². The van der Waals surface area contributed by atoms with Gasteiger partial charge in [0.2, 0.25) is 10.0 Å². The number of aryl methyl sites for hydroxylation is 1. The zero-order valence-electron chi connectivity index (χ0n) is 16.6. The summed E-state index contributed by atoms with van der Waals surface area (Å²) < 4.78 is 33.9. The summed E-state index contributed by atoms with van der Waals surface area (Å²) in [6.07, 6.45) is 0. The van der Waals surface area contributed by atoms with Gasteiger partial charge in [0.1, 0.15) is 11.4 Å². The van der Waals surface area contributed by atoms with Gasteiger partial charge in [0, 0.05) is 10.6 Å². The Morgan fingerprint density at radius 3 is 2.38 bits per heavy atom. The molecule has 0 aliphatic rings. The molecular formula is C21H22ClNO5S. The molecule has 0 aliphatic carbocycles. The van der Waals surface area contributed by atoms with Crippen LogP contribution in [-0.2, 0) is 19.6 Å². The smallest absolute Gasteiger partial charge is 0.344 e. The van der Waals surface area contributed by atoms with Crippen LogP contribution in [0.1, 0.15) is 37.5 Å². The number of sulfonamides is 1. The van der Waals surface area contributed by atoms with Crippen molar-refractivity contribution in [3.63, 3.8) is 0 Å². The van der Waals surface area contributed by atoms with Crippen molar-refractivity contribution < 1.29 is 22.7 Å². The third-order valence-corrected chi connectivity index (χ3v) is 4.72. The maximum atomic E-state index is 11.9. The Morgan fingerprint density at radius 2 is 1.76 bits per heavy atom. The Morgan fingerprint density at radius 1 is 1.10 bits per heavy atom. The van der Waals surface area contributed by atoms with Crippen molar-refractivity contribution >= 4 is 27.6 Å². The summed E-state index contributed by atoms with van der Waals surface area (Å²) in [4.78, 5) is 11.9. The van der Waals surface area contributed by atoms with Crippen LogP contribution in [0.2, 0.25) is 5.02 Å². The first-order valence-electron chi connectivity index (χ1n) is 8.65. The van der Waals surface area contributed by atoms with E-state index in [1.807, 2.05) is 0 Å². The molecule has 0 aliphatic heterocycles. The first kappa shape index (κ1) is 22.8. The molecule has 0 heterocycles. The Kier molecular flexibility index (Phi) is 6.96. The molecule has 2 N–H and O–H groups in total. The number of rotatable bonds is 4. The van der Waals surface area contributed by atoms with Crippen LogP contribution in [0.25, 0.3) is 0 Å². The molecule has 0 saturated carbocycles. The second-order valence-electron chi connectivity index (χ2n) is 7.29. The van der Waals surface area contributed by atoms with Crippen molar-refractivity contribution in [1.29, 1.82) is 0 Å². The molecule has 0 bridgehead atoms. The van der Waals surface area contributed by atoms with Crippen molar-refractivity contribution in [3.8, 4) is 17.6 Å². The van der Waals surface area contributed by atoms with Gasteiger partial charge < -0.3 is 9.47 Å². The highest BCUT2D eigenvalue weighted by Crippen LogP contribution is 2.23. The lowest BCUT2D eigenvalue weighted by Crippen LogP contribution is -2.27. The monoisotopic (exact) mass is 435 g/mol. The molecule has 2 rings (SSSR count). The van der Waals surface area contributed by atoms with Crippen LogP contribution in [0.5, 0.6) is 5.75 Å². The molecule has 29 heavy (non-hydrogen) atoms. The van der Waals surface area contributed by atoms with Crippen molar-refractivity contribution in [2.45, 2.75) is 38.2 Å². The lowest BCUT2D eigenvalue weighted by atomic mass is 10.1. The van der Waals surface area contributed by atoms with E-state index in [-0.39, 0.29) is 11.5 Å². The Labute approximate surface area is 176 Å². The summed E-state index contributed by atoms with van der Waals surface area (Å²) in [5.74, 6) is 5.67. The number of hydrogen-bond donors (Lipinski definition) is 1. The molecule has 0 aromatic heterocycles. The number of ether oxygens (including phenoxy) is 2. The summed E-state index contributed by atoms with van der Waals surface area (Å²) in [6.45, 7) is 6.81. The van der Waals surface area contributed by atoms with Gasteiger partial charge in [-0.2, -0.15) is 0 Å². The van der Waals surface area contributed by atoms with Crippen LogP contribution < -0.4 is 9.88 Å². The maximum Gasteiger partial charge on any atom is 0.344 e. The van der Waals surface area contributed by atoms with Crippen LogP contribution in [0, 0.1) is 18.8 Å². The fourth-order valence-electron chi connectivity index (χ4n) is 2.28. The molecule has 6 nitrogen and oxygen atoms in total. The van der Waals surface area contributed by atoms with Gasteiger partial charge in [0.25, 0.3) is 0 Å². The molecule has 0 spiro atoms. The van der Waals surface area contributed by atoms with Crippen LogP contribution in [0.3, 0.4) is 0 Å².